The van der Waals surface area contributed by atoms with Gasteiger partial charge < -0.3 is 25.8 Å². The number of aliphatic hydroxyl groups is 1. The van der Waals surface area contributed by atoms with Gasteiger partial charge in [0.05, 0.1) is 13.7 Å². The van der Waals surface area contributed by atoms with Crippen LogP contribution in [-0.4, -0.2) is 35.6 Å². The minimum absolute atomic E-state index is 0.121. The summed E-state index contributed by atoms with van der Waals surface area (Å²) in [4.78, 5) is 0. The quantitative estimate of drug-likeness (QED) is 0.533. The number of phenols is 2. The minimum atomic E-state index is -0.310. The third-order valence-corrected chi connectivity index (χ3v) is 2.27. The molecule has 0 aliphatic rings. The Labute approximate surface area is 87.7 Å². The molecule has 15 heavy (non-hydrogen) atoms. The summed E-state index contributed by atoms with van der Waals surface area (Å²) in [6, 6.07) is 2.91. The Morgan fingerprint density at radius 2 is 2.07 bits per heavy atom. The molecule has 0 fully saturated rings. The molecular weight excluding hydrogens is 198 g/mol. The van der Waals surface area contributed by atoms with E-state index in [1.54, 1.807) is 6.07 Å². The highest BCUT2D eigenvalue weighted by Gasteiger charge is 2.15. The molecule has 0 aromatic heterocycles. The van der Waals surface area contributed by atoms with Gasteiger partial charge in [0.25, 0.3) is 0 Å². The molecule has 0 aliphatic carbocycles. The van der Waals surface area contributed by atoms with E-state index in [2.05, 4.69) is 0 Å². The molecule has 0 saturated carbocycles. The van der Waals surface area contributed by atoms with E-state index < -0.39 is 0 Å². The summed E-state index contributed by atoms with van der Waals surface area (Å²) in [6.45, 7) is 0.133. The van der Waals surface area contributed by atoms with Crippen LogP contribution in [0.2, 0.25) is 0 Å². The van der Waals surface area contributed by atoms with E-state index in [0.29, 0.717) is 5.56 Å². The summed E-state index contributed by atoms with van der Waals surface area (Å²) in [5, 5.41) is 27.8. The largest absolute Gasteiger partial charge is 0.504 e. The average molecular weight is 213 g/mol. The average Bonchev–Trinajstić information content (AvgIpc) is 2.24. The topological polar surface area (TPSA) is 95.9 Å². The molecule has 0 radical (unpaired) electrons. The van der Waals surface area contributed by atoms with Crippen molar-refractivity contribution in [1.29, 1.82) is 0 Å². The van der Waals surface area contributed by atoms with Crippen molar-refractivity contribution >= 4 is 0 Å². The maximum absolute atomic E-state index is 9.40. The van der Waals surface area contributed by atoms with Crippen LogP contribution in [0.3, 0.4) is 0 Å². The zero-order valence-electron chi connectivity index (χ0n) is 8.47. The number of aliphatic hydroxyl groups excluding tert-OH is 1. The lowest BCUT2D eigenvalue weighted by atomic mass is 9.99. The SMILES string of the molecule is COc1cc(C(CN)CO)cc(O)c1O. The molecule has 5 N–H and O–H groups in total. The van der Waals surface area contributed by atoms with Gasteiger partial charge in [0.1, 0.15) is 0 Å². The molecule has 0 heterocycles. The van der Waals surface area contributed by atoms with E-state index in [-0.39, 0.29) is 36.3 Å². The summed E-state index contributed by atoms with van der Waals surface area (Å²) in [7, 11) is 1.38. The Hall–Kier alpha value is -1.46. The highest BCUT2D eigenvalue weighted by Crippen LogP contribution is 2.38. The van der Waals surface area contributed by atoms with E-state index in [1.165, 1.54) is 13.2 Å². The second-order valence-corrected chi connectivity index (χ2v) is 3.21. The maximum Gasteiger partial charge on any atom is 0.200 e. The molecule has 84 valence electrons. The van der Waals surface area contributed by atoms with Gasteiger partial charge in [-0.05, 0) is 17.7 Å². The molecule has 1 aromatic carbocycles. The van der Waals surface area contributed by atoms with Gasteiger partial charge in [-0.1, -0.05) is 0 Å². The van der Waals surface area contributed by atoms with E-state index in [0.717, 1.165) is 0 Å². The van der Waals surface area contributed by atoms with Gasteiger partial charge >= 0.3 is 0 Å². The van der Waals surface area contributed by atoms with Crippen LogP contribution in [0.5, 0.6) is 17.2 Å². The lowest BCUT2D eigenvalue weighted by molar-refractivity contribution is 0.267. The van der Waals surface area contributed by atoms with Gasteiger partial charge in [-0.3, -0.25) is 0 Å². The number of phenolic OH excluding ortho intramolecular Hbond substituents is 2. The molecule has 1 unspecified atom stereocenters. The first-order valence-electron chi connectivity index (χ1n) is 4.54. The summed E-state index contributed by atoms with van der Waals surface area (Å²) < 4.78 is 4.87. The Kier molecular flexibility index (Phi) is 3.76. The van der Waals surface area contributed by atoms with Gasteiger partial charge in [-0.25, -0.2) is 0 Å². The molecule has 1 atom stereocenters. The molecule has 1 aromatic rings. The van der Waals surface area contributed by atoms with Crippen LogP contribution in [0.15, 0.2) is 12.1 Å². The van der Waals surface area contributed by atoms with Crippen molar-refractivity contribution in [2.45, 2.75) is 5.92 Å². The van der Waals surface area contributed by atoms with Crippen molar-refractivity contribution in [3.05, 3.63) is 17.7 Å². The minimum Gasteiger partial charge on any atom is -0.504 e. The number of ether oxygens (including phenoxy) is 1. The molecule has 0 bridgehead atoms. The van der Waals surface area contributed by atoms with Crippen molar-refractivity contribution in [1.82, 2.24) is 0 Å². The molecule has 0 amide bonds. The first kappa shape index (κ1) is 11.6. The second kappa shape index (κ2) is 4.86. The van der Waals surface area contributed by atoms with Crippen LogP contribution in [0, 0.1) is 0 Å². The van der Waals surface area contributed by atoms with Crippen molar-refractivity contribution in [3.63, 3.8) is 0 Å². The summed E-state index contributed by atoms with van der Waals surface area (Å²) in [5.41, 5.74) is 6.08. The fourth-order valence-corrected chi connectivity index (χ4v) is 1.32. The van der Waals surface area contributed by atoms with Gasteiger partial charge in [0.15, 0.2) is 11.5 Å². The summed E-state index contributed by atoms with van der Waals surface area (Å²) in [6.07, 6.45) is 0. The molecule has 5 nitrogen and oxygen atoms in total. The monoisotopic (exact) mass is 213 g/mol. The fraction of sp³-hybridized carbons (Fsp3) is 0.400. The Bertz CT molecular complexity index is 336. The first-order valence-corrected chi connectivity index (χ1v) is 4.54. The van der Waals surface area contributed by atoms with Gasteiger partial charge in [0.2, 0.25) is 5.75 Å². The van der Waals surface area contributed by atoms with Gasteiger partial charge in [-0.2, -0.15) is 0 Å². The molecule has 0 saturated heterocycles. The third kappa shape index (κ3) is 2.31. The molecule has 0 aliphatic heterocycles. The van der Waals surface area contributed by atoms with Crippen LogP contribution < -0.4 is 10.5 Å². The third-order valence-electron chi connectivity index (χ3n) is 2.27. The number of benzene rings is 1. The van der Waals surface area contributed by atoms with E-state index in [1.807, 2.05) is 0 Å². The van der Waals surface area contributed by atoms with E-state index in [4.69, 9.17) is 15.6 Å². The van der Waals surface area contributed by atoms with Crippen LogP contribution >= 0.6 is 0 Å². The van der Waals surface area contributed by atoms with Crippen LogP contribution in [0.25, 0.3) is 0 Å². The molecule has 5 heteroatoms. The van der Waals surface area contributed by atoms with Crippen molar-refractivity contribution in [2.75, 3.05) is 20.3 Å². The predicted octanol–water partition coefficient (Wildman–Crippen LogP) is 0.141. The van der Waals surface area contributed by atoms with Crippen LogP contribution in [-0.2, 0) is 0 Å². The number of hydrogen-bond acceptors (Lipinski definition) is 5. The first-order chi connectivity index (χ1) is 7.13. The zero-order chi connectivity index (χ0) is 11.4. The normalized spacial score (nSPS) is 12.5. The number of methoxy groups -OCH3 is 1. The Morgan fingerprint density at radius 3 is 2.53 bits per heavy atom. The maximum atomic E-state index is 9.40. The highest BCUT2D eigenvalue weighted by atomic mass is 16.5. The molecule has 0 spiro atoms. The van der Waals surface area contributed by atoms with Gasteiger partial charge in [-0.15, -0.1) is 0 Å². The van der Waals surface area contributed by atoms with Crippen molar-refractivity contribution in [3.8, 4) is 17.2 Å². The molecular formula is C10H15NO4. The van der Waals surface area contributed by atoms with Gasteiger partial charge in [0, 0.05) is 12.5 Å². The highest BCUT2D eigenvalue weighted by molar-refractivity contribution is 5.52. The predicted molar refractivity (Wildman–Crippen MR) is 55.2 cm³/mol. The smallest absolute Gasteiger partial charge is 0.200 e. The lowest BCUT2D eigenvalue weighted by Crippen LogP contribution is -2.16. The zero-order valence-corrected chi connectivity index (χ0v) is 8.47. The van der Waals surface area contributed by atoms with E-state index >= 15 is 0 Å². The van der Waals surface area contributed by atoms with Crippen molar-refractivity contribution in [2.24, 2.45) is 5.73 Å². The Morgan fingerprint density at radius 1 is 1.40 bits per heavy atom. The van der Waals surface area contributed by atoms with Crippen molar-refractivity contribution < 1.29 is 20.1 Å². The lowest BCUT2D eigenvalue weighted by Gasteiger charge is -2.14. The number of rotatable bonds is 4. The van der Waals surface area contributed by atoms with Crippen LogP contribution in [0.4, 0.5) is 0 Å². The standard InChI is InChI=1S/C10H15NO4/c1-15-9-3-6(7(4-11)5-12)2-8(13)10(9)14/h2-3,7,12-14H,4-5,11H2,1H3. The number of aromatic hydroxyl groups is 2. The fourth-order valence-electron chi connectivity index (χ4n) is 1.32. The molecule has 1 rings (SSSR count). The van der Waals surface area contributed by atoms with E-state index in [9.17, 15) is 10.2 Å². The Balaban J connectivity index is 3.15. The van der Waals surface area contributed by atoms with Crippen LogP contribution in [0.1, 0.15) is 11.5 Å². The number of hydrogen-bond donors (Lipinski definition) is 4. The second-order valence-electron chi connectivity index (χ2n) is 3.21. The summed E-state index contributed by atoms with van der Waals surface area (Å²) in [5.74, 6) is -0.700. The number of nitrogens with two attached hydrogens (primary N) is 1. The summed E-state index contributed by atoms with van der Waals surface area (Å²) >= 11 is 0.